The van der Waals surface area contributed by atoms with Gasteiger partial charge in [0.2, 0.25) is 0 Å². The topological polar surface area (TPSA) is 59.6 Å². The summed E-state index contributed by atoms with van der Waals surface area (Å²) in [6.07, 6.45) is 0. The molecule has 0 spiro atoms. The van der Waals surface area contributed by atoms with Crippen molar-refractivity contribution in [1.29, 1.82) is 0 Å². The van der Waals surface area contributed by atoms with Crippen molar-refractivity contribution in [2.24, 2.45) is 0 Å². The summed E-state index contributed by atoms with van der Waals surface area (Å²) in [6.45, 7) is 15.2. The van der Waals surface area contributed by atoms with Crippen LogP contribution in [0.4, 0.5) is 0 Å². The molecule has 0 fully saturated rings. The summed E-state index contributed by atoms with van der Waals surface area (Å²) in [5.74, 6) is -0.341. The van der Waals surface area contributed by atoms with Crippen LogP contribution in [0.2, 0.25) is 0 Å². The van der Waals surface area contributed by atoms with Gasteiger partial charge in [0.25, 0.3) is 5.97 Å². The molecule has 0 heterocycles. The molecule has 0 atom stereocenters. The summed E-state index contributed by atoms with van der Waals surface area (Å²) < 4.78 is 11.5. The van der Waals surface area contributed by atoms with Gasteiger partial charge in [0.1, 0.15) is 0 Å². The average Bonchev–Trinajstić information content (AvgIpc) is 1.92. The lowest BCUT2D eigenvalue weighted by Gasteiger charge is -2.37. The highest BCUT2D eigenvalue weighted by Gasteiger charge is 2.47. The third-order valence-electron chi connectivity index (χ3n) is 1.69. The van der Waals surface area contributed by atoms with Crippen LogP contribution in [-0.4, -0.2) is 32.5 Å². The first kappa shape index (κ1) is 17.6. The average molecular weight is 276 g/mol. The third kappa shape index (κ3) is 7.81. The second kappa shape index (κ2) is 6.65. The molecule has 0 aliphatic heterocycles. The molecular formula is C12H28N2O3Si. The molecule has 0 aliphatic carbocycles. The summed E-state index contributed by atoms with van der Waals surface area (Å²) in [5.41, 5.74) is -0.397. The Labute approximate surface area is 112 Å². The number of carbonyl (C=O) groups excluding carboxylic acids is 1. The van der Waals surface area contributed by atoms with Gasteiger partial charge in [-0.2, -0.15) is 0 Å². The van der Waals surface area contributed by atoms with E-state index in [0.717, 1.165) is 0 Å². The second-order valence-corrected chi connectivity index (χ2v) is 8.24. The van der Waals surface area contributed by atoms with E-state index in [1.54, 1.807) is 0 Å². The predicted molar refractivity (Wildman–Crippen MR) is 74.9 cm³/mol. The third-order valence-corrected chi connectivity index (χ3v) is 5.08. The van der Waals surface area contributed by atoms with E-state index < -0.39 is 14.5 Å². The van der Waals surface area contributed by atoms with Crippen LogP contribution in [0, 0.1) is 0 Å². The summed E-state index contributed by atoms with van der Waals surface area (Å²) in [5, 5.41) is 0. The van der Waals surface area contributed by atoms with Gasteiger partial charge in [0.15, 0.2) is 0 Å². The molecule has 6 heteroatoms. The van der Waals surface area contributed by atoms with E-state index in [1.807, 2.05) is 48.5 Å². The minimum atomic E-state index is -2.97. The molecule has 2 N–H and O–H groups in total. The van der Waals surface area contributed by atoms with E-state index in [9.17, 15) is 4.79 Å². The van der Waals surface area contributed by atoms with Crippen molar-refractivity contribution in [2.45, 2.75) is 73.1 Å². The molecule has 0 aliphatic rings. The summed E-state index contributed by atoms with van der Waals surface area (Å²) in [7, 11) is -2.97. The van der Waals surface area contributed by atoms with E-state index in [2.05, 4.69) is 9.96 Å². The van der Waals surface area contributed by atoms with Crippen molar-refractivity contribution >= 4 is 14.9 Å². The van der Waals surface area contributed by atoms with E-state index in [1.165, 1.54) is 6.92 Å². The molecule has 5 nitrogen and oxygen atoms in total. The Morgan fingerprint density at radius 1 is 1.06 bits per heavy atom. The van der Waals surface area contributed by atoms with Crippen molar-refractivity contribution in [3.05, 3.63) is 0 Å². The molecule has 0 aromatic carbocycles. The molecule has 0 radical (unpaired) electrons. The molecule has 0 aromatic rings. The Morgan fingerprint density at radius 2 is 1.44 bits per heavy atom. The van der Waals surface area contributed by atoms with Gasteiger partial charge in [-0.15, -0.1) is 0 Å². The number of nitrogens with one attached hydrogen (secondary N) is 2. The van der Waals surface area contributed by atoms with Gasteiger partial charge in [0.05, 0.1) is 5.60 Å². The van der Waals surface area contributed by atoms with Crippen molar-refractivity contribution in [3.8, 4) is 0 Å². The Balaban J connectivity index is 5.17. The SMILES string of the molecule is CC(=O)O[Si](NC(C)C)(NC(C)C)OC(C)(C)C. The number of hydrogen-bond acceptors (Lipinski definition) is 5. The van der Waals surface area contributed by atoms with E-state index >= 15 is 0 Å². The van der Waals surface area contributed by atoms with Crippen molar-refractivity contribution in [1.82, 2.24) is 9.96 Å². The molecule has 0 rings (SSSR count). The van der Waals surface area contributed by atoms with Crippen molar-refractivity contribution in [2.75, 3.05) is 0 Å². The lowest BCUT2D eigenvalue weighted by atomic mass is 10.2. The summed E-state index contributed by atoms with van der Waals surface area (Å²) >= 11 is 0. The molecule has 0 saturated carbocycles. The monoisotopic (exact) mass is 276 g/mol. The lowest BCUT2D eigenvalue weighted by Crippen LogP contribution is -2.72. The number of carbonyl (C=O) groups is 1. The van der Waals surface area contributed by atoms with Gasteiger partial charge < -0.3 is 8.85 Å². The zero-order valence-corrected chi connectivity index (χ0v) is 13.9. The maximum atomic E-state index is 11.4. The van der Waals surface area contributed by atoms with Crippen LogP contribution >= 0.6 is 0 Å². The highest BCUT2D eigenvalue weighted by Crippen LogP contribution is 2.15. The highest BCUT2D eigenvalue weighted by atomic mass is 28.4. The fraction of sp³-hybridized carbons (Fsp3) is 0.917. The van der Waals surface area contributed by atoms with Crippen molar-refractivity contribution < 1.29 is 13.6 Å². The normalized spacial score (nSPS) is 13.2. The smallest absolute Gasteiger partial charge is 0.471 e. The second-order valence-electron chi connectivity index (χ2n) is 6.02. The van der Waals surface area contributed by atoms with Crippen LogP contribution in [0.15, 0.2) is 0 Å². The zero-order valence-electron chi connectivity index (χ0n) is 12.9. The van der Waals surface area contributed by atoms with Crippen LogP contribution < -0.4 is 9.96 Å². The Bertz CT molecular complexity index is 265. The minimum Gasteiger partial charge on any atom is -0.471 e. The molecule has 0 aromatic heterocycles. The molecule has 0 unspecified atom stereocenters. The van der Waals surface area contributed by atoms with Gasteiger partial charge in [0, 0.05) is 19.0 Å². The van der Waals surface area contributed by atoms with E-state index in [-0.39, 0.29) is 18.1 Å². The van der Waals surface area contributed by atoms with Crippen LogP contribution in [0.25, 0.3) is 0 Å². The van der Waals surface area contributed by atoms with Gasteiger partial charge in [-0.25, -0.2) is 0 Å². The van der Waals surface area contributed by atoms with Crippen LogP contribution in [0.3, 0.4) is 0 Å². The fourth-order valence-corrected chi connectivity index (χ4v) is 4.72. The van der Waals surface area contributed by atoms with Gasteiger partial charge in [-0.05, 0) is 20.8 Å². The standard InChI is InChI=1S/C12H28N2O3Si/c1-9(2)13-18(14-10(3)4,16-11(5)15)17-12(6,7)8/h9-10,13-14H,1-8H3. The largest absolute Gasteiger partial charge is 0.585 e. The number of rotatable bonds is 6. The van der Waals surface area contributed by atoms with Crippen LogP contribution in [-0.2, 0) is 13.6 Å². The van der Waals surface area contributed by atoms with Crippen LogP contribution in [0.5, 0.6) is 0 Å². The van der Waals surface area contributed by atoms with E-state index in [4.69, 9.17) is 8.85 Å². The quantitative estimate of drug-likeness (QED) is 0.724. The predicted octanol–water partition coefficient (Wildman–Crippen LogP) is 1.80. The van der Waals surface area contributed by atoms with Gasteiger partial charge in [-0.1, -0.05) is 27.7 Å². The Hall–Kier alpha value is -0.433. The van der Waals surface area contributed by atoms with Gasteiger partial charge in [-0.3, -0.25) is 14.8 Å². The van der Waals surface area contributed by atoms with E-state index in [0.29, 0.717) is 0 Å². The highest BCUT2D eigenvalue weighted by molar-refractivity contribution is 6.64. The van der Waals surface area contributed by atoms with Crippen LogP contribution in [0.1, 0.15) is 55.4 Å². The Morgan fingerprint density at radius 3 is 1.67 bits per heavy atom. The zero-order chi connectivity index (χ0) is 14.6. The maximum absolute atomic E-state index is 11.4. The number of hydrogen-bond donors (Lipinski definition) is 2. The Kier molecular flexibility index (Phi) is 6.49. The molecule has 0 amide bonds. The van der Waals surface area contributed by atoms with Crippen molar-refractivity contribution in [3.63, 3.8) is 0 Å². The first-order chi connectivity index (χ1) is 7.96. The summed E-state index contributed by atoms with van der Waals surface area (Å²) in [4.78, 5) is 17.9. The molecule has 108 valence electrons. The lowest BCUT2D eigenvalue weighted by molar-refractivity contribution is -0.135. The fourth-order valence-electron chi connectivity index (χ4n) is 1.57. The molecule has 0 saturated heterocycles. The first-order valence-corrected chi connectivity index (χ1v) is 8.22. The van der Waals surface area contributed by atoms with Gasteiger partial charge >= 0.3 is 8.88 Å². The first-order valence-electron chi connectivity index (χ1n) is 6.41. The maximum Gasteiger partial charge on any atom is 0.585 e. The molecular weight excluding hydrogens is 248 g/mol. The molecule has 18 heavy (non-hydrogen) atoms. The minimum absolute atomic E-state index is 0.157. The summed E-state index contributed by atoms with van der Waals surface area (Å²) in [6, 6.07) is 0.314. The molecule has 0 bridgehead atoms.